The number of esters is 1. The van der Waals surface area contributed by atoms with Gasteiger partial charge in [0.2, 0.25) is 0 Å². The first-order valence-corrected chi connectivity index (χ1v) is 7.39. The van der Waals surface area contributed by atoms with E-state index in [0.717, 1.165) is 21.9 Å². The molecule has 0 N–H and O–H groups in total. The molecule has 2 rings (SSSR count). The molecule has 0 unspecified atom stereocenters. The van der Waals surface area contributed by atoms with Crippen LogP contribution in [-0.2, 0) is 4.74 Å². The van der Waals surface area contributed by atoms with Crippen LogP contribution < -0.4 is 0 Å². The fourth-order valence-corrected chi connectivity index (χ4v) is 2.72. The summed E-state index contributed by atoms with van der Waals surface area (Å²) in [6.45, 7) is 3.89. The van der Waals surface area contributed by atoms with Crippen LogP contribution in [0.1, 0.15) is 33.2 Å². The van der Waals surface area contributed by atoms with Crippen LogP contribution in [0.3, 0.4) is 0 Å². The van der Waals surface area contributed by atoms with Gasteiger partial charge in [-0.05, 0) is 43.2 Å². The summed E-state index contributed by atoms with van der Waals surface area (Å²) >= 11 is 3.47. The third kappa shape index (κ3) is 3.22. The van der Waals surface area contributed by atoms with Gasteiger partial charge in [-0.2, -0.15) is 0 Å². The molecular weight excluding hydrogens is 332 g/mol. The maximum atomic E-state index is 12.2. The van der Waals surface area contributed by atoms with Gasteiger partial charge in [0, 0.05) is 15.6 Å². The van der Waals surface area contributed by atoms with Crippen LogP contribution in [0.15, 0.2) is 40.9 Å². The molecule has 0 aliphatic carbocycles. The molecule has 21 heavy (non-hydrogen) atoms. The predicted octanol–water partition coefficient (Wildman–Crippen LogP) is 4.41. The summed E-state index contributed by atoms with van der Waals surface area (Å²) in [5.41, 5.74) is 3.12. The maximum Gasteiger partial charge on any atom is 0.338 e. The summed E-state index contributed by atoms with van der Waals surface area (Å²) in [5.74, 6) is -0.421. The average Bonchev–Trinajstić information content (AvgIpc) is 2.47. The van der Waals surface area contributed by atoms with Gasteiger partial charge in [0.25, 0.3) is 0 Å². The number of carbonyl (C=O) groups is 2. The standard InChI is InChI=1S/C17H15BrO3/c1-3-21-17(20)14-9-11(2)8-12(10-19)16(14)13-6-4-5-7-15(13)18/h4-10H,3H2,1-2H3. The van der Waals surface area contributed by atoms with Crippen molar-refractivity contribution in [3.05, 3.63) is 57.6 Å². The van der Waals surface area contributed by atoms with E-state index < -0.39 is 5.97 Å². The van der Waals surface area contributed by atoms with Gasteiger partial charge in [-0.15, -0.1) is 0 Å². The first kappa shape index (κ1) is 15.4. The number of ether oxygens (including phenoxy) is 1. The van der Waals surface area contributed by atoms with Gasteiger partial charge >= 0.3 is 5.97 Å². The van der Waals surface area contributed by atoms with Crippen LogP contribution in [0.25, 0.3) is 11.1 Å². The Morgan fingerprint density at radius 3 is 2.62 bits per heavy atom. The Morgan fingerprint density at radius 1 is 1.29 bits per heavy atom. The van der Waals surface area contributed by atoms with E-state index in [4.69, 9.17) is 4.74 Å². The summed E-state index contributed by atoms with van der Waals surface area (Å²) in [6, 6.07) is 11.0. The Bertz CT molecular complexity index is 692. The van der Waals surface area contributed by atoms with Crippen LogP contribution in [-0.4, -0.2) is 18.9 Å². The van der Waals surface area contributed by atoms with Crippen molar-refractivity contribution in [2.45, 2.75) is 13.8 Å². The highest BCUT2D eigenvalue weighted by molar-refractivity contribution is 9.10. The molecule has 0 spiro atoms. The molecule has 0 aliphatic rings. The molecule has 4 heteroatoms. The second-order valence-corrected chi connectivity index (χ2v) is 5.45. The molecule has 2 aromatic rings. The predicted molar refractivity (Wildman–Crippen MR) is 85.7 cm³/mol. The summed E-state index contributed by atoms with van der Waals surface area (Å²) in [4.78, 5) is 23.6. The Morgan fingerprint density at radius 2 is 2.00 bits per heavy atom. The smallest absolute Gasteiger partial charge is 0.338 e. The summed E-state index contributed by atoms with van der Waals surface area (Å²) < 4.78 is 5.94. The van der Waals surface area contributed by atoms with Gasteiger partial charge in [-0.25, -0.2) is 4.79 Å². The lowest BCUT2D eigenvalue weighted by Gasteiger charge is -2.14. The Labute approximate surface area is 132 Å². The molecule has 3 nitrogen and oxygen atoms in total. The van der Waals surface area contributed by atoms with E-state index in [-0.39, 0.29) is 0 Å². The fraction of sp³-hybridized carbons (Fsp3) is 0.176. The van der Waals surface area contributed by atoms with E-state index in [0.29, 0.717) is 23.3 Å². The van der Waals surface area contributed by atoms with E-state index in [9.17, 15) is 9.59 Å². The molecule has 0 radical (unpaired) electrons. The van der Waals surface area contributed by atoms with Crippen molar-refractivity contribution in [1.29, 1.82) is 0 Å². The second-order valence-electron chi connectivity index (χ2n) is 4.59. The molecule has 0 atom stereocenters. The van der Waals surface area contributed by atoms with Crippen LogP contribution in [0.2, 0.25) is 0 Å². The first-order valence-electron chi connectivity index (χ1n) is 6.60. The molecule has 0 saturated heterocycles. The minimum Gasteiger partial charge on any atom is -0.462 e. The number of halogens is 1. The molecular formula is C17H15BrO3. The maximum absolute atomic E-state index is 12.2. The van der Waals surface area contributed by atoms with Crippen LogP contribution in [0, 0.1) is 6.92 Å². The molecule has 108 valence electrons. The summed E-state index contributed by atoms with van der Waals surface area (Å²) in [7, 11) is 0. The zero-order chi connectivity index (χ0) is 15.4. The van der Waals surface area contributed by atoms with Gasteiger partial charge in [0.15, 0.2) is 6.29 Å². The summed E-state index contributed by atoms with van der Waals surface area (Å²) in [5, 5.41) is 0. The number of carbonyl (C=O) groups excluding carboxylic acids is 2. The normalized spacial score (nSPS) is 10.2. The number of hydrogen-bond acceptors (Lipinski definition) is 3. The number of aryl methyl sites for hydroxylation is 1. The van der Waals surface area contributed by atoms with Gasteiger partial charge in [-0.1, -0.05) is 34.1 Å². The topological polar surface area (TPSA) is 43.4 Å². The first-order chi connectivity index (χ1) is 10.1. The van der Waals surface area contributed by atoms with E-state index in [1.54, 1.807) is 19.1 Å². The minimum absolute atomic E-state index is 0.290. The average molecular weight is 347 g/mol. The van der Waals surface area contributed by atoms with E-state index in [1.807, 2.05) is 31.2 Å². The van der Waals surface area contributed by atoms with Crippen molar-refractivity contribution < 1.29 is 14.3 Å². The third-order valence-corrected chi connectivity index (χ3v) is 3.77. The SMILES string of the molecule is CCOC(=O)c1cc(C)cc(C=O)c1-c1ccccc1Br. The lowest BCUT2D eigenvalue weighted by molar-refractivity contribution is 0.0527. The van der Waals surface area contributed by atoms with Gasteiger partial charge in [0.05, 0.1) is 12.2 Å². The van der Waals surface area contributed by atoms with Crippen LogP contribution in [0.5, 0.6) is 0 Å². The van der Waals surface area contributed by atoms with E-state index in [2.05, 4.69) is 15.9 Å². The highest BCUT2D eigenvalue weighted by atomic mass is 79.9. The van der Waals surface area contributed by atoms with Crippen LogP contribution in [0.4, 0.5) is 0 Å². The molecule has 0 aromatic heterocycles. The largest absolute Gasteiger partial charge is 0.462 e. The van der Waals surface area contributed by atoms with E-state index in [1.165, 1.54) is 0 Å². The third-order valence-electron chi connectivity index (χ3n) is 3.08. The van der Waals surface area contributed by atoms with Gasteiger partial charge in [0.1, 0.15) is 0 Å². The van der Waals surface area contributed by atoms with Gasteiger partial charge < -0.3 is 4.74 Å². The zero-order valence-corrected chi connectivity index (χ0v) is 13.4. The molecule has 0 bridgehead atoms. The van der Waals surface area contributed by atoms with Crippen molar-refractivity contribution in [3.8, 4) is 11.1 Å². The number of benzene rings is 2. The number of hydrogen-bond donors (Lipinski definition) is 0. The number of rotatable bonds is 4. The van der Waals surface area contributed by atoms with Crippen molar-refractivity contribution in [2.24, 2.45) is 0 Å². The van der Waals surface area contributed by atoms with Crippen molar-refractivity contribution in [1.82, 2.24) is 0 Å². The summed E-state index contributed by atoms with van der Waals surface area (Å²) in [6.07, 6.45) is 0.768. The van der Waals surface area contributed by atoms with Crippen molar-refractivity contribution >= 4 is 28.2 Å². The van der Waals surface area contributed by atoms with Crippen molar-refractivity contribution in [3.63, 3.8) is 0 Å². The number of aldehydes is 1. The van der Waals surface area contributed by atoms with Crippen molar-refractivity contribution in [2.75, 3.05) is 6.61 Å². The fourth-order valence-electron chi connectivity index (χ4n) is 2.24. The van der Waals surface area contributed by atoms with Crippen LogP contribution >= 0.6 is 15.9 Å². The Hall–Kier alpha value is -1.94. The molecule has 0 fully saturated rings. The molecule has 0 saturated carbocycles. The second kappa shape index (κ2) is 6.68. The molecule has 0 amide bonds. The highest BCUT2D eigenvalue weighted by Crippen LogP contribution is 2.34. The minimum atomic E-state index is -0.421. The molecule has 0 heterocycles. The Kier molecular flexibility index (Phi) is 4.91. The lowest BCUT2D eigenvalue weighted by atomic mass is 9.93. The lowest BCUT2D eigenvalue weighted by Crippen LogP contribution is -2.09. The molecule has 2 aromatic carbocycles. The monoisotopic (exact) mass is 346 g/mol. The quantitative estimate of drug-likeness (QED) is 0.608. The highest BCUT2D eigenvalue weighted by Gasteiger charge is 2.19. The zero-order valence-electron chi connectivity index (χ0n) is 11.9. The van der Waals surface area contributed by atoms with E-state index >= 15 is 0 Å². The molecule has 0 aliphatic heterocycles. The van der Waals surface area contributed by atoms with Gasteiger partial charge in [-0.3, -0.25) is 4.79 Å². The Balaban J connectivity index is 2.76.